The highest BCUT2D eigenvalue weighted by Crippen LogP contribution is 2.19. The molecule has 0 fully saturated rings. The standard InChI is InChI=1S/C9H21ClO3Si/c1-5-12-14(11-4,13-6-2)8-7-9(3)10/h9H,5-8H2,1-4H3. The Hall–Kier alpha value is 0.387. The maximum Gasteiger partial charge on any atom is 0.500 e. The molecule has 0 aromatic rings. The Bertz CT molecular complexity index is 138. The van der Waals surface area contributed by atoms with Gasteiger partial charge < -0.3 is 13.3 Å². The van der Waals surface area contributed by atoms with E-state index < -0.39 is 8.80 Å². The molecule has 0 aromatic carbocycles. The number of rotatable bonds is 8. The summed E-state index contributed by atoms with van der Waals surface area (Å²) < 4.78 is 16.6. The van der Waals surface area contributed by atoms with Gasteiger partial charge in [-0.15, -0.1) is 11.6 Å². The van der Waals surface area contributed by atoms with Gasteiger partial charge in [0.2, 0.25) is 0 Å². The molecule has 0 spiro atoms. The van der Waals surface area contributed by atoms with Gasteiger partial charge in [-0.3, -0.25) is 0 Å². The zero-order valence-corrected chi connectivity index (χ0v) is 11.3. The van der Waals surface area contributed by atoms with Crippen LogP contribution in [0.15, 0.2) is 0 Å². The van der Waals surface area contributed by atoms with Crippen LogP contribution in [0.1, 0.15) is 27.2 Å². The summed E-state index contributed by atoms with van der Waals surface area (Å²) in [6, 6.07) is 0.788. The Morgan fingerprint density at radius 2 is 1.71 bits per heavy atom. The van der Waals surface area contributed by atoms with Crippen LogP contribution in [-0.2, 0) is 13.3 Å². The van der Waals surface area contributed by atoms with Crippen molar-refractivity contribution in [3.05, 3.63) is 0 Å². The second-order valence-electron chi connectivity index (χ2n) is 3.07. The average Bonchev–Trinajstić information content (AvgIpc) is 2.15. The van der Waals surface area contributed by atoms with Crippen molar-refractivity contribution in [2.45, 2.75) is 38.6 Å². The molecule has 0 aliphatic carbocycles. The number of halogens is 1. The van der Waals surface area contributed by atoms with Crippen LogP contribution in [-0.4, -0.2) is 34.5 Å². The molecule has 0 aromatic heterocycles. The van der Waals surface area contributed by atoms with E-state index in [0.717, 1.165) is 12.5 Å². The van der Waals surface area contributed by atoms with Gasteiger partial charge in [0.25, 0.3) is 0 Å². The van der Waals surface area contributed by atoms with Gasteiger partial charge in [0.05, 0.1) is 0 Å². The molecule has 0 N–H and O–H groups in total. The molecule has 0 bridgehead atoms. The second-order valence-corrected chi connectivity index (χ2v) is 6.67. The smallest absolute Gasteiger partial charge is 0.377 e. The molecule has 0 aliphatic heterocycles. The maximum absolute atomic E-state index is 5.90. The molecule has 14 heavy (non-hydrogen) atoms. The molecular formula is C9H21ClO3Si. The SMILES string of the molecule is CCO[Si](CCC(C)Cl)(OC)OCC. The van der Waals surface area contributed by atoms with Crippen LogP contribution in [0.4, 0.5) is 0 Å². The van der Waals surface area contributed by atoms with E-state index in [1.54, 1.807) is 7.11 Å². The largest absolute Gasteiger partial charge is 0.500 e. The molecule has 0 amide bonds. The van der Waals surface area contributed by atoms with E-state index in [9.17, 15) is 0 Å². The Balaban J connectivity index is 4.17. The van der Waals surface area contributed by atoms with E-state index in [2.05, 4.69) is 0 Å². The van der Waals surface area contributed by atoms with Crippen molar-refractivity contribution in [1.82, 2.24) is 0 Å². The first-order valence-corrected chi connectivity index (χ1v) is 7.44. The van der Waals surface area contributed by atoms with Crippen molar-refractivity contribution in [2.75, 3.05) is 20.3 Å². The minimum absolute atomic E-state index is 0.137. The number of alkyl halides is 1. The predicted octanol–water partition coefficient (Wildman–Crippen LogP) is 2.66. The van der Waals surface area contributed by atoms with Gasteiger partial charge in [-0.1, -0.05) is 0 Å². The van der Waals surface area contributed by atoms with Crippen LogP contribution in [0.25, 0.3) is 0 Å². The minimum Gasteiger partial charge on any atom is -0.377 e. The van der Waals surface area contributed by atoms with Crippen molar-refractivity contribution >= 4 is 20.4 Å². The fourth-order valence-corrected chi connectivity index (χ4v) is 3.99. The molecule has 0 rings (SSSR count). The zero-order chi connectivity index (χ0) is 11.0. The normalized spacial score (nSPS) is 14.4. The van der Waals surface area contributed by atoms with Gasteiger partial charge in [-0.05, 0) is 27.2 Å². The molecule has 86 valence electrons. The first-order valence-electron chi connectivity index (χ1n) is 5.07. The van der Waals surface area contributed by atoms with Gasteiger partial charge in [-0.25, -0.2) is 0 Å². The van der Waals surface area contributed by atoms with Crippen LogP contribution < -0.4 is 0 Å². The quantitative estimate of drug-likeness (QED) is 0.482. The van der Waals surface area contributed by atoms with Crippen LogP contribution in [0.5, 0.6) is 0 Å². The molecule has 0 radical (unpaired) electrons. The lowest BCUT2D eigenvalue weighted by atomic mass is 10.4. The fraction of sp³-hybridized carbons (Fsp3) is 1.00. The first-order chi connectivity index (χ1) is 6.60. The Morgan fingerprint density at radius 3 is 2.00 bits per heavy atom. The second kappa shape index (κ2) is 7.65. The molecule has 0 saturated carbocycles. The lowest BCUT2D eigenvalue weighted by Crippen LogP contribution is -2.45. The third-order valence-electron chi connectivity index (χ3n) is 1.89. The monoisotopic (exact) mass is 240 g/mol. The molecule has 1 atom stereocenters. The number of hydrogen-bond acceptors (Lipinski definition) is 3. The van der Waals surface area contributed by atoms with Crippen LogP contribution in [0.2, 0.25) is 6.04 Å². The third-order valence-corrected chi connectivity index (χ3v) is 5.09. The topological polar surface area (TPSA) is 27.7 Å². The van der Waals surface area contributed by atoms with E-state index in [1.165, 1.54) is 0 Å². The summed E-state index contributed by atoms with van der Waals surface area (Å²) in [5.74, 6) is 0. The lowest BCUT2D eigenvalue weighted by Gasteiger charge is -2.27. The van der Waals surface area contributed by atoms with Crippen molar-refractivity contribution < 1.29 is 13.3 Å². The molecule has 3 nitrogen and oxygen atoms in total. The van der Waals surface area contributed by atoms with E-state index in [-0.39, 0.29) is 5.38 Å². The van der Waals surface area contributed by atoms with Gasteiger partial charge in [0.15, 0.2) is 0 Å². The van der Waals surface area contributed by atoms with E-state index in [1.807, 2.05) is 20.8 Å². The number of hydrogen-bond donors (Lipinski definition) is 0. The Labute approximate surface area is 93.1 Å². The van der Waals surface area contributed by atoms with Gasteiger partial charge in [0.1, 0.15) is 0 Å². The van der Waals surface area contributed by atoms with Gasteiger partial charge in [0, 0.05) is 31.7 Å². The lowest BCUT2D eigenvalue weighted by molar-refractivity contribution is 0.0861. The summed E-state index contributed by atoms with van der Waals surface area (Å²) in [7, 11) is -0.767. The molecule has 0 aliphatic rings. The summed E-state index contributed by atoms with van der Waals surface area (Å²) in [6.45, 7) is 7.11. The summed E-state index contributed by atoms with van der Waals surface area (Å²) in [4.78, 5) is 0. The third kappa shape index (κ3) is 5.31. The minimum atomic E-state index is -2.42. The molecule has 5 heteroatoms. The van der Waals surface area contributed by atoms with Crippen molar-refractivity contribution in [1.29, 1.82) is 0 Å². The highest BCUT2D eigenvalue weighted by atomic mass is 35.5. The average molecular weight is 241 g/mol. The summed E-state index contributed by atoms with van der Waals surface area (Å²) in [5, 5.41) is 0.137. The predicted molar refractivity (Wildman–Crippen MR) is 60.8 cm³/mol. The summed E-state index contributed by atoms with van der Waals surface area (Å²) in [5.41, 5.74) is 0. The van der Waals surface area contributed by atoms with Crippen molar-refractivity contribution in [3.8, 4) is 0 Å². The molecule has 0 saturated heterocycles. The van der Waals surface area contributed by atoms with Crippen molar-refractivity contribution in [3.63, 3.8) is 0 Å². The molecular weight excluding hydrogens is 220 g/mol. The van der Waals surface area contributed by atoms with E-state index in [0.29, 0.717) is 13.2 Å². The zero-order valence-electron chi connectivity index (χ0n) is 9.51. The molecule has 0 heterocycles. The Kier molecular flexibility index (Phi) is 7.86. The van der Waals surface area contributed by atoms with E-state index in [4.69, 9.17) is 24.9 Å². The van der Waals surface area contributed by atoms with E-state index >= 15 is 0 Å². The summed E-state index contributed by atoms with van der Waals surface area (Å²) in [6.07, 6.45) is 0.863. The van der Waals surface area contributed by atoms with Crippen LogP contribution in [0, 0.1) is 0 Å². The van der Waals surface area contributed by atoms with Crippen LogP contribution >= 0.6 is 11.6 Å². The highest BCUT2D eigenvalue weighted by molar-refractivity contribution is 6.60. The summed E-state index contributed by atoms with van der Waals surface area (Å²) >= 11 is 5.90. The Morgan fingerprint density at radius 1 is 1.21 bits per heavy atom. The van der Waals surface area contributed by atoms with Crippen LogP contribution in [0.3, 0.4) is 0 Å². The van der Waals surface area contributed by atoms with Crippen molar-refractivity contribution in [2.24, 2.45) is 0 Å². The maximum atomic E-state index is 5.90. The van der Waals surface area contributed by atoms with Gasteiger partial charge >= 0.3 is 8.80 Å². The van der Waals surface area contributed by atoms with Gasteiger partial charge in [-0.2, -0.15) is 0 Å². The first kappa shape index (κ1) is 14.4. The fourth-order valence-electron chi connectivity index (χ4n) is 1.22. The molecule has 1 unspecified atom stereocenters. The highest BCUT2D eigenvalue weighted by Gasteiger charge is 2.39.